The quantitative estimate of drug-likeness (QED) is 0.292. The van der Waals surface area contributed by atoms with Crippen LogP contribution in [0, 0.1) is 0 Å². The van der Waals surface area contributed by atoms with Gasteiger partial charge in [0, 0.05) is 0 Å². The maximum atomic E-state index is 0. The van der Waals surface area contributed by atoms with Crippen LogP contribution in [0.2, 0.25) is 0 Å². The summed E-state index contributed by atoms with van der Waals surface area (Å²) in [5, 5.41) is 0. The molecule has 0 aliphatic heterocycles. The van der Waals surface area contributed by atoms with Gasteiger partial charge in [-0.3, -0.25) is 0 Å². The van der Waals surface area contributed by atoms with Crippen LogP contribution in [0.15, 0.2) is 0 Å². The van der Waals surface area contributed by atoms with Gasteiger partial charge in [-0.2, -0.15) is 0 Å². The van der Waals surface area contributed by atoms with Gasteiger partial charge in [0.25, 0.3) is 0 Å². The Morgan fingerprint density at radius 1 is 1.00 bits per heavy atom. The molecular weight excluding hydrogens is 83.0 g/mol. The van der Waals surface area contributed by atoms with Crippen molar-refractivity contribution in [1.29, 1.82) is 0 Å². The third kappa shape index (κ3) is 8.96. The minimum Gasteiger partial charge on any atom is -0.344 e. The standard InChI is InChI=1S/K.Li.H3N.Na/h;;1H3;/q2*+1;;+1. The molecule has 4 heteroatoms. The molecule has 0 saturated carbocycles. The first kappa shape index (κ1) is 27.1. The van der Waals surface area contributed by atoms with Gasteiger partial charge in [-0.05, 0) is 0 Å². The van der Waals surface area contributed by atoms with E-state index in [1.807, 2.05) is 0 Å². The van der Waals surface area contributed by atoms with Gasteiger partial charge < -0.3 is 6.15 Å². The molecule has 0 aromatic rings. The minimum atomic E-state index is 0. The first-order valence-electron chi connectivity index (χ1n) is 0. The molecule has 0 fully saturated rings. The third-order valence-electron chi connectivity index (χ3n) is 0. The van der Waals surface area contributed by atoms with Gasteiger partial charge in [0.2, 0.25) is 0 Å². The topological polar surface area (TPSA) is 35.0 Å². The second-order valence-electron chi connectivity index (χ2n) is 0. The summed E-state index contributed by atoms with van der Waals surface area (Å²) in [6, 6.07) is 0. The van der Waals surface area contributed by atoms with E-state index in [1.54, 1.807) is 0 Å². The van der Waals surface area contributed by atoms with Crippen LogP contribution in [0.1, 0.15) is 0 Å². The summed E-state index contributed by atoms with van der Waals surface area (Å²) in [6.45, 7) is 0. The van der Waals surface area contributed by atoms with Gasteiger partial charge in [0.15, 0.2) is 0 Å². The predicted molar refractivity (Wildman–Crippen MR) is 5.02 cm³/mol. The maximum Gasteiger partial charge on any atom is 1.00 e. The van der Waals surface area contributed by atoms with Crippen LogP contribution in [-0.2, 0) is 0 Å². The van der Waals surface area contributed by atoms with Crippen LogP contribution in [0.25, 0.3) is 0 Å². The molecule has 1 nitrogen and oxygen atoms in total. The summed E-state index contributed by atoms with van der Waals surface area (Å²) in [4.78, 5) is 0. The Morgan fingerprint density at radius 3 is 1.00 bits per heavy atom. The second kappa shape index (κ2) is 16.4. The van der Waals surface area contributed by atoms with Crippen LogP contribution in [0.3, 0.4) is 0 Å². The van der Waals surface area contributed by atoms with Crippen molar-refractivity contribution in [1.82, 2.24) is 6.15 Å². The summed E-state index contributed by atoms with van der Waals surface area (Å²) in [5.74, 6) is 0. The zero-order valence-electron chi connectivity index (χ0n) is 3.71. The molecule has 0 aromatic carbocycles. The average Bonchev–Trinajstić information content (AvgIpc) is 0. The average molecular weight is 86.1 g/mol. The Hall–Kier alpha value is 3.19. The van der Waals surface area contributed by atoms with Crippen molar-refractivity contribution in [2.24, 2.45) is 0 Å². The van der Waals surface area contributed by atoms with Crippen molar-refractivity contribution in [3.05, 3.63) is 0 Å². The zero-order chi connectivity index (χ0) is 0. The molecule has 0 bridgehead atoms. The molecule has 0 spiro atoms. The van der Waals surface area contributed by atoms with Crippen molar-refractivity contribution in [2.75, 3.05) is 0 Å². The molecule has 0 saturated heterocycles. The van der Waals surface area contributed by atoms with Crippen LogP contribution in [0.5, 0.6) is 0 Å². The van der Waals surface area contributed by atoms with Crippen molar-refractivity contribution in [3.8, 4) is 0 Å². The van der Waals surface area contributed by atoms with E-state index in [1.165, 1.54) is 0 Å². The molecule has 0 amide bonds. The molecule has 3 N–H and O–H groups in total. The molecule has 4 heavy (non-hydrogen) atoms. The number of hydrogen-bond donors (Lipinski definition) is 1. The van der Waals surface area contributed by atoms with E-state index in [4.69, 9.17) is 0 Å². The van der Waals surface area contributed by atoms with Gasteiger partial charge in [-0.25, -0.2) is 0 Å². The molecule has 0 unspecified atom stereocenters. The SMILES string of the molecule is N.[K+].[Li+].[Na+]. The first-order valence-corrected chi connectivity index (χ1v) is 0. The Kier molecular flexibility index (Phi) is 111. The summed E-state index contributed by atoms with van der Waals surface area (Å²) >= 11 is 0. The second-order valence-corrected chi connectivity index (χ2v) is 0. The van der Waals surface area contributed by atoms with Gasteiger partial charge >= 0.3 is 99.8 Å². The molecular formula is H3KLiNNa+3. The molecule has 0 aliphatic rings. The molecule has 0 atom stereocenters. The monoisotopic (exact) mass is 86.0 g/mol. The minimum absolute atomic E-state index is 0. The smallest absolute Gasteiger partial charge is 0.344 e. The normalized spacial score (nSPS) is 0. The Morgan fingerprint density at radius 2 is 1.00 bits per heavy atom. The summed E-state index contributed by atoms with van der Waals surface area (Å²) in [5.41, 5.74) is 0. The fraction of sp³-hybridized carbons (Fsp3) is 0. The van der Waals surface area contributed by atoms with Crippen LogP contribution in [-0.4, -0.2) is 0 Å². The predicted octanol–water partition coefficient (Wildman–Crippen LogP) is -8.83. The molecule has 0 aromatic heterocycles. The van der Waals surface area contributed by atoms with E-state index >= 15 is 0 Å². The van der Waals surface area contributed by atoms with Crippen LogP contribution in [0.4, 0.5) is 0 Å². The summed E-state index contributed by atoms with van der Waals surface area (Å²) in [6.07, 6.45) is 0. The van der Waals surface area contributed by atoms with Gasteiger partial charge in [-0.15, -0.1) is 0 Å². The molecule has 8 valence electrons. The fourth-order valence-electron chi connectivity index (χ4n) is 0. The summed E-state index contributed by atoms with van der Waals surface area (Å²) in [7, 11) is 0. The van der Waals surface area contributed by atoms with Crippen molar-refractivity contribution in [2.45, 2.75) is 0 Å². The molecule has 0 rings (SSSR count). The van der Waals surface area contributed by atoms with Crippen molar-refractivity contribution >= 4 is 0 Å². The fourth-order valence-corrected chi connectivity index (χ4v) is 0. The Labute approximate surface area is 103 Å². The zero-order valence-corrected chi connectivity index (χ0v) is 8.83. The van der Waals surface area contributed by atoms with E-state index in [9.17, 15) is 0 Å². The third-order valence-corrected chi connectivity index (χ3v) is 0. The number of rotatable bonds is 0. The Balaban J connectivity index is 0. The van der Waals surface area contributed by atoms with Gasteiger partial charge in [-0.1, -0.05) is 0 Å². The van der Waals surface area contributed by atoms with E-state index < -0.39 is 0 Å². The van der Waals surface area contributed by atoms with Gasteiger partial charge in [0.1, 0.15) is 0 Å². The van der Waals surface area contributed by atoms with Crippen molar-refractivity contribution in [3.63, 3.8) is 0 Å². The molecule has 0 heterocycles. The van der Waals surface area contributed by atoms with Crippen LogP contribution >= 0.6 is 0 Å². The van der Waals surface area contributed by atoms with Gasteiger partial charge in [0.05, 0.1) is 0 Å². The molecule has 0 aliphatic carbocycles. The Bertz CT molecular complexity index is 8.00. The first-order chi connectivity index (χ1) is 0. The summed E-state index contributed by atoms with van der Waals surface area (Å²) < 4.78 is 0. The van der Waals surface area contributed by atoms with E-state index in [-0.39, 0.29) is 106 Å². The largest absolute Gasteiger partial charge is 1.00 e. The van der Waals surface area contributed by atoms with E-state index in [0.29, 0.717) is 0 Å². The van der Waals surface area contributed by atoms with Crippen molar-refractivity contribution < 1.29 is 99.8 Å². The number of hydrogen-bond acceptors (Lipinski definition) is 1. The van der Waals surface area contributed by atoms with E-state index in [0.717, 1.165) is 0 Å². The van der Waals surface area contributed by atoms with E-state index in [2.05, 4.69) is 0 Å². The maximum absolute atomic E-state index is 0. The molecule has 0 radical (unpaired) electrons. The van der Waals surface area contributed by atoms with Crippen LogP contribution < -0.4 is 106 Å².